The predicted octanol–water partition coefficient (Wildman–Crippen LogP) is 6.50. The van der Waals surface area contributed by atoms with E-state index >= 15 is 0 Å². The SMILES string of the molecule is Fc1ccc(OCCN2CCC(c3cn(F)c4ccccc34)CC2)c(-c2ccsc2)c1. The third kappa shape index (κ3) is 4.23. The Kier molecular flexibility index (Phi) is 5.74. The van der Waals surface area contributed by atoms with Crippen molar-refractivity contribution in [2.24, 2.45) is 0 Å². The molecule has 6 heteroatoms. The highest BCUT2D eigenvalue weighted by atomic mass is 32.1. The van der Waals surface area contributed by atoms with Crippen LogP contribution in [0.25, 0.3) is 22.0 Å². The third-order valence-corrected chi connectivity index (χ3v) is 6.85. The van der Waals surface area contributed by atoms with Crippen LogP contribution in [0, 0.1) is 5.82 Å². The van der Waals surface area contributed by atoms with Crippen LogP contribution in [0.3, 0.4) is 0 Å². The lowest BCUT2D eigenvalue weighted by Gasteiger charge is -2.31. The van der Waals surface area contributed by atoms with Crippen LogP contribution >= 0.6 is 11.3 Å². The standard InChI is InChI=1S/C25H24F2N2OS/c26-20-5-6-25(22(15-20)19-9-14-31-17-19)30-13-12-28-10-7-18(8-11-28)23-16-29(27)24-4-2-1-3-21(23)24/h1-6,9,14-18H,7-8,10-13H2. The van der Waals surface area contributed by atoms with Crippen LogP contribution in [0.2, 0.25) is 0 Å². The van der Waals surface area contributed by atoms with E-state index in [-0.39, 0.29) is 5.82 Å². The van der Waals surface area contributed by atoms with Gasteiger partial charge >= 0.3 is 0 Å². The van der Waals surface area contributed by atoms with E-state index in [0.717, 1.165) is 59.3 Å². The van der Waals surface area contributed by atoms with Crippen LogP contribution in [0.4, 0.5) is 8.87 Å². The summed E-state index contributed by atoms with van der Waals surface area (Å²) in [5.74, 6) is 0.831. The van der Waals surface area contributed by atoms with E-state index in [9.17, 15) is 8.87 Å². The van der Waals surface area contributed by atoms with Gasteiger partial charge in [0.15, 0.2) is 0 Å². The predicted molar refractivity (Wildman–Crippen MR) is 122 cm³/mol. The second-order valence-corrected chi connectivity index (χ2v) is 8.81. The molecule has 160 valence electrons. The first-order valence-electron chi connectivity index (χ1n) is 10.6. The zero-order valence-electron chi connectivity index (χ0n) is 17.1. The van der Waals surface area contributed by atoms with Gasteiger partial charge in [-0.2, -0.15) is 16.1 Å². The van der Waals surface area contributed by atoms with Gasteiger partial charge in [0.05, 0.1) is 5.52 Å². The van der Waals surface area contributed by atoms with E-state index in [0.29, 0.717) is 23.8 Å². The van der Waals surface area contributed by atoms with Gasteiger partial charge in [0, 0.05) is 23.7 Å². The molecule has 3 nitrogen and oxygen atoms in total. The van der Waals surface area contributed by atoms with Gasteiger partial charge in [0.25, 0.3) is 0 Å². The molecular formula is C25H24F2N2OS. The molecule has 0 amide bonds. The summed E-state index contributed by atoms with van der Waals surface area (Å²) in [6.45, 7) is 3.29. The molecule has 1 aliphatic heterocycles. The Bertz CT molecular complexity index is 1160. The Labute approximate surface area is 184 Å². The number of benzene rings is 2. The fraction of sp³-hybridized carbons (Fsp3) is 0.280. The Balaban J connectivity index is 1.18. The number of fused-ring (bicyclic) bond motifs is 1. The van der Waals surface area contributed by atoms with Crippen molar-refractivity contribution in [2.75, 3.05) is 26.2 Å². The van der Waals surface area contributed by atoms with Gasteiger partial charge in [0.2, 0.25) is 0 Å². The van der Waals surface area contributed by atoms with Crippen molar-refractivity contribution >= 4 is 22.2 Å². The third-order valence-electron chi connectivity index (χ3n) is 6.16. The molecule has 0 spiro atoms. The Morgan fingerprint density at radius 1 is 1.06 bits per heavy atom. The van der Waals surface area contributed by atoms with Gasteiger partial charge in [-0.05, 0) is 84.1 Å². The molecule has 0 N–H and O–H groups in total. The topological polar surface area (TPSA) is 17.4 Å². The lowest BCUT2D eigenvalue weighted by atomic mass is 9.89. The van der Waals surface area contributed by atoms with Gasteiger partial charge in [-0.15, -0.1) is 0 Å². The molecule has 0 aliphatic carbocycles. The number of hydrogen-bond acceptors (Lipinski definition) is 3. The fourth-order valence-electron chi connectivity index (χ4n) is 4.51. The number of aromatic nitrogens is 1. The largest absolute Gasteiger partial charge is 0.492 e. The molecule has 2 aromatic carbocycles. The first kappa shape index (κ1) is 20.2. The maximum absolute atomic E-state index is 14.2. The molecule has 2 aromatic heterocycles. The van der Waals surface area contributed by atoms with Crippen molar-refractivity contribution in [3.05, 3.63) is 76.9 Å². The lowest BCUT2D eigenvalue weighted by Crippen LogP contribution is -2.35. The molecule has 0 saturated carbocycles. The molecule has 3 heterocycles. The summed E-state index contributed by atoms with van der Waals surface area (Å²) in [5.41, 5.74) is 3.53. The van der Waals surface area contributed by atoms with E-state index in [2.05, 4.69) is 4.90 Å². The molecule has 31 heavy (non-hydrogen) atoms. The number of thiophene rings is 1. The van der Waals surface area contributed by atoms with E-state index in [1.54, 1.807) is 23.6 Å². The van der Waals surface area contributed by atoms with Gasteiger partial charge in [-0.1, -0.05) is 22.7 Å². The van der Waals surface area contributed by atoms with Crippen LogP contribution in [0.5, 0.6) is 5.75 Å². The summed E-state index contributed by atoms with van der Waals surface area (Å²) in [6.07, 6.45) is 3.66. The number of rotatable bonds is 6. The summed E-state index contributed by atoms with van der Waals surface area (Å²) in [5, 5.41) is 5.00. The van der Waals surface area contributed by atoms with Crippen molar-refractivity contribution < 1.29 is 13.6 Å². The second kappa shape index (κ2) is 8.81. The second-order valence-electron chi connectivity index (χ2n) is 8.03. The molecule has 1 aliphatic rings. The average Bonchev–Trinajstić information content (AvgIpc) is 3.44. The average molecular weight is 439 g/mol. The van der Waals surface area contributed by atoms with Gasteiger partial charge in [-0.3, -0.25) is 4.90 Å². The fourth-order valence-corrected chi connectivity index (χ4v) is 5.17. The summed E-state index contributed by atoms with van der Waals surface area (Å²) in [4.78, 5) is 3.14. The first-order chi connectivity index (χ1) is 15.2. The van der Waals surface area contributed by atoms with E-state index < -0.39 is 0 Å². The molecular weight excluding hydrogens is 414 g/mol. The highest BCUT2D eigenvalue weighted by Crippen LogP contribution is 2.35. The van der Waals surface area contributed by atoms with Crippen LogP contribution < -0.4 is 4.74 Å². The number of halogens is 2. The minimum atomic E-state index is -0.259. The van der Waals surface area contributed by atoms with Crippen LogP contribution in [0.1, 0.15) is 24.3 Å². The summed E-state index contributed by atoms with van der Waals surface area (Å²) >= 11 is 1.58. The monoisotopic (exact) mass is 438 g/mol. The molecule has 0 bridgehead atoms. The quantitative estimate of drug-likeness (QED) is 0.342. The minimum Gasteiger partial charge on any atom is -0.492 e. The number of ether oxygens (including phenoxy) is 1. The number of hydrogen-bond donors (Lipinski definition) is 0. The van der Waals surface area contributed by atoms with Gasteiger partial charge < -0.3 is 4.74 Å². The molecule has 5 rings (SSSR count). The zero-order chi connectivity index (χ0) is 21.2. The normalized spacial score (nSPS) is 15.5. The van der Waals surface area contributed by atoms with E-state index in [1.807, 2.05) is 41.1 Å². The Morgan fingerprint density at radius 2 is 1.90 bits per heavy atom. The number of piperidine rings is 1. The molecule has 0 unspecified atom stereocenters. The molecule has 0 atom stereocenters. The van der Waals surface area contributed by atoms with E-state index in [4.69, 9.17) is 4.74 Å². The Morgan fingerprint density at radius 3 is 2.71 bits per heavy atom. The maximum atomic E-state index is 14.2. The zero-order valence-corrected chi connectivity index (χ0v) is 18.0. The molecule has 0 radical (unpaired) electrons. The highest BCUT2D eigenvalue weighted by Gasteiger charge is 2.24. The van der Waals surface area contributed by atoms with Crippen LogP contribution in [0.15, 0.2) is 65.5 Å². The summed E-state index contributed by atoms with van der Waals surface area (Å²) < 4.78 is 34.0. The van der Waals surface area contributed by atoms with Crippen molar-refractivity contribution in [1.82, 2.24) is 9.69 Å². The lowest BCUT2D eigenvalue weighted by molar-refractivity contribution is 0.173. The molecule has 1 saturated heterocycles. The van der Waals surface area contributed by atoms with Crippen molar-refractivity contribution in [3.8, 4) is 16.9 Å². The van der Waals surface area contributed by atoms with E-state index in [1.165, 1.54) is 12.1 Å². The number of nitrogens with zero attached hydrogens (tertiary/aromatic N) is 2. The first-order valence-corrected chi connectivity index (χ1v) is 11.6. The van der Waals surface area contributed by atoms with Gasteiger partial charge in [0.1, 0.15) is 18.2 Å². The number of likely N-dealkylation sites (tertiary alicyclic amines) is 1. The van der Waals surface area contributed by atoms with Crippen molar-refractivity contribution in [2.45, 2.75) is 18.8 Å². The van der Waals surface area contributed by atoms with Crippen LogP contribution in [-0.2, 0) is 0 Å². The Hall–Kier alpha value is -2.70. The number of para-hydroxylation sites is 1. The minimum absolute atomic E-state index is 0.259. The van der Waals surface area contributed by atoms with Crippen LogP contribution in [-0.4, -0.2) is 35.9 Å². The maximum Gasteiger partial charge on any atom is 0.127 e. The van der Waals surface area contributed by atoms with Crippen molar-refractivity contribution in [1.29, 1.82) is 0 Å². The summed E-state index contributed by atoms with van der Waals surface area (Å²) in [6, 6.07) is 14.3. The molecule has 1 fully saturated rings. The van der Waals surface area contributed by atoms with Gasteiger partial charge in [-0.25, -0.2) is 4.39 Å². The smallest absolute Gasteiger partial charge is 0.127 e. The highest BCUT2D eigenvalue weighted by molar-refractivity contribution is 7.08. The summed E-state index contributed by atoms with van der Waals surface area (Å²) in [7, 11) is 0. The van der Waals surface area contributed by atoms with Crippen molar-refractivity contribution in [3.63, 3.8) is 0 Å². The molecule has 4 aromatic rings.